The largest absolute Gasteiger partial charge is 0.497 e. The number of benzene rings is 2. The molecular formula is C22H30IN3O3. The monoisotopic (exact) mass is 511 g/mol. The Bertz CT molecular complexity index is 783. The molecule has 29 heavy (non-hydrogen) atoms. The van der Waals surface area contributed by atoms with Crippen molar-refractivity contribution in [3.05, 3.63) is 72.3 Å². The Hall–Kier alpha value is -2.26. The summed E-state index contributed by atoms with van der Waals surface area (Å²) in [7, 11) is 1.61. The van der Waals surface area contributed by atoms with Gasteiger partial charge in [0.05, 0.1) is 19.8 Å². The number of aliphatic hydroxyl groups excluding tert-OH is 1. The van der Waals surface area contributed by atoms with E-state index in [0.29, 0.717) is 31.4 Å². The Morgan fingerprint density at radius 1 is 1.21 bits per heavy atom. The fourth-order valence-electron chi connectivity index (χ4n) is 2.59. The number of aliphatic imine (C=N–C) groups is 1. The summed E-state index contributed by atoms with van der Waals surface area (Å²) in [5, 5.41) is 16.8. The van der Waals surface area contributed by atoms with Gasteiger partial charge in [-0.25, -0.2) is 4.99 Å². The van der Waals surface area contributed by atoms with Gasteiger partial charge in [0.1, 0.15) is 18.1 Å². The number of hydrogen-bond acceptors (Lipinski definition) is 4. The molecule has 0 aromatic heterocycles. The Morgan fingerprint density at radius 3 is 2.72 bits per heavy atom. The highest BCUT2D eigenvalue weighted by molar-refractivity contribution is 14.0. The molecule has 0 amide bonds. The molecular weight excluding hydrogens is 481 g/mol. The Morgan fingerprint density at radius 2 is 2.00 bits per heavy atom. The molecule has 0 aliphatic carbocycles. The van der Waals surface area contributed by atoms with Gasteiger partial charge in [-0.15, -0.1) is 24.0 Å². The molecule has 6 nitrogen and oxygen atoms in total. The molecule has 2 rings (SSSR count). The van der Waals surface area contributed by atoms with Crippen molar-refractivity contribution >= 4 is 29.9 Å². The predicted molar refractivity (Wildman–Crippen MR) is 128 cm³/mol. The van der Waals surface area contributed by atoms with Crippen LogP contribution in [0.4, 0.5) is 0 Å². The van der Waals surface area contributed by atoms with Crippen LogP contribution in [0.5, 0.6) is 11.5 Å². The highest BCUT2D eigenvalue weighted by atomic mass is 127. The van der Waals surface area contributed by atoms with Crippen LogP contribution in [0, 0.1) is 0 Å². The van der Waals surface area contributed by atoms with E-state index in [1.165, 1.54) is 0 Å². The number of nitrogens with zero attached hydrogens (tertiary/aromatic N) is 1. The number of aliphatic hydroxyl groups is 1. The van der Waals surface area contributed by atoms with Crippen LogP contribution in [0.15, 0.2) is 66.2 Å². The molecule has 1 atom stereocenters. The average Bonchev–Trinajstić information content (AvgIpc) is 2.74. The van der Waals surface area contributed by atoms with Crippen molar-refractivity contribution < 1.29 is 14.6 Å². The van der Waals surface area contributed by atoms with Crippen molar-refractivity contribution in [2.45, 2.75) is 19.6 Å². The van der Waals surface area contributed by atoms with Crippen molar-refractivity contribution in [1.29, 1.82) is 0 Å². The summed E-state index contributed by atoms with van der Waals surface area (Å²) in [5.41, 5.74) is 1.76. The number of nitrogens with one attached hydrogen (secondary N) is 2. The van der Waals surface area contributed by atoms with Gasteiger partial charge in [0.25, 0.3) is 0 Å². The van der Waals surface area contributed by atoms with E-state index in [1.807, 2.05) is 55.5 Å². The fraction of sp³-hybridized carbons (Fsp3) is 0.318. The number of methoxy groups -OCH3 is 1. The van der Waals surface area contributed by atoms with E-state index in [9.17, 15) is 5.11 Å². The van der Waals surface area contributed by atoms with Gasteiger partial charge in [0.2, 0.25) is 0 Å². The second-order valence-corrected chi connectivity index (χ2v) is 6.08. The van der Waals surface area contributed by atoms with Crippen LogP contribution in [-0.2, 0) is 6.54 Å². The van der Waals surface area contributed by atoms with E-state index in [4.69, 9.17) is 9.47 Å². The molecule has 0 aliphatic rings. The first-order chi connectivity index (χ1) is 13.7. The molecule has 0 bridgehead atoms. The summed E-state index contributed by atoms with van der Waals surface area (Å²) >= 11 is 0. The van der Waals surface area contributed by atoms with Gasteiger partial charge in [0, 0.05) is 18.7 Å². The normalized spacial score (nSPS) is 11.8. The first-order valence-electron chi connectivity index (χ1n) is 9.33. The zero-order valence-electron chi connectivity index (χ0n) is 16.9. The fourth-order valence-corrected chi connectivity index (χ4v) is 2.59. The molecule has 2 aromatic rings. The first-order valence-corrected chi connectivity index (χ1v) is 9.33. The molecule has 0 aliphatic heterocycles. The highest BCUT2D eigenvalue weighted by Gasteiger charge is 2.10. The van der Waals surface area contributed by atoms with Crippen molar-refractivity contribution in [1.82, 2.24) is 10.6 Å². The summed E-state index contributed by atoms with van der Waals surface area (Å²) in [6.07, 6.45) is 1.04. The molecule has 1 unspecified atom stereocenters. The highest BCUT2D eigenvalue weighted by Crippen LogP contribution is 2.20. The van der Waals surface area contributed by atoms with Crippen molar-refractivity contribution in [2.24, 2.45) is 4.99 Å². The van der Waals surface area contributed by atoms with Crippen LogP contribution in [0.25, 0.3) is 0 Å². The minimum Gasteiger partial charge on any atom is -0.497 e. The van der Waals surface area contributed by atoms with Gasteiger partial charge in [-0.3, -0.25) is 0 Å². The second kappa shape index (κ2) is 13.8. The zero-order valence-corrected chi connectivity index (χ0v) is 19.3. The Kier molecular flexibility index (Phi) is 11.8. The number of para-hydroxylation sites is 1. The maximum atomic E-state index is 10.5. The predicted octanol–water partition coefficient (Wildman–Crippen LogP) is 3.67. The lowest BCUT2D eigenvalue weighted by atomic mass is 10.1. The number of hydrogen-bond donors (Lipinski definition) is 3. The first kappa shape index (κ1) is 24.8. The van der Waals surface area contributed by atoms with Gasteiger partial charge in [-0.1, -0.05) is 43.0 Å². The quantitative estimate of drug-likeness (QED) is 0.197. The molecule has 158 valence electrons. The van der Waals surface area contributed by atoms with Crippen molar-refractivity contribution in [3.8, 4) is 11.5 Å². The van der Waals surface area contributed by atoms with Gasteiger partial charge in [-0.05, 0) is 30.7 Å². The molecule has 0 saturated carbocycles. The third-order valence-electron chi connectivity index (χ3n) is 4.02. The standard InChI is InChI=1S/C22H29N3O3.HI/c1-4-13-28-21-12-7-6-9-18(21)15-24-22(23-5-2)25-16-20(26)17-10-8-11-19(14-17)27-3;/h4,6-12,14,20,26H,1,5,13,15-16H2,2-3H3,(H2,23,24,25);1H. The summed E-state index contributed by atoms with van der Waals surface area (Å²) in [5.74, 6) is 2.13. The maximum Gasteiger partial charge on any atom is 0.191 e. The van der Waals surface area contributed by atoms with E-state index in [-0.39, 0.29) is 24.0 Å². The lowest BCUT2D eigenvalue weighted by Crippen LogP contribution is -2.39. The lowest BCUT2D eigenvalue weighted by Gasteiger charge is -2.16. The molecule has 0 fully saturated rings. The van der Waals surface area contributed by atoms with E-state index in [1.54, 1.807) is 13.2 Å². The zero-order chi connectivity index (χ0) is 20.2. The molecule has 2 aromatic carbocycles. The van der Waals surface area contributed by atoms with Gasteiger partial charge in [-0.2, -0.15) is 0 Å². The summed E-state index contributed by atoms with van der Waals surface area (Å²) in [4.78, 5) is 4.60. The minimum absolute atomic E-state index is 0. The van der Waals surface area contributed by atoms with Gasteiger partial charge in [0.15, 0.2) is 5.96 Å². The number of guanidine groups is 1. The molecule has 0 saturated heterocycles. The third-order valence-corrected chi connectivity index (χ3v) is 4.02. The van der Waals surface area contributed by atoms with Gasteiger partial charge >= 0.3 is 0 Å². The summed E-state index contributed by atoms with van der Waals surface area (Å²) in [6, 6.07) is 15.2. The topological polar surface area (TPSA) is 75.1 Å². The SMILES string of the molecule is C=CCOc1ccccc1CN=C(NCC)NCC(O)c1cccc(OC)c1.I. The molecule has 0 radical (unpaired) electrons. The average molecular weight is 511 g/mol. The van der Waals surface area contributed by atoms with E-state index in [2.05, 4.69) is 22.2 Å². The molecule has 0 spiro atoms. The van der Waals surface area contributed by atoms with E-state index >= 15 is 0 Å². The molecule has 7 heteroatoms. The van der Waals surface area contributed by atoms with Crippen LogP contribution in [0.3, 0.4) is 0 Å². The summed E-state index contributed by atoms with van der Waals surface area (Å²) in [6.45, 7) is 7.62. The van der Waals surface area contributed by atoms with Crippen molar-refractivity contribution in [2.75, 3.05) is 26.8 Å². The number of ether oxygens (including phenoxy) is 2. The van der Waals surface area contributed by atoms with Gasteiger partial charge < -0.3 is 25.2 Å². The number of rotatable bonds is 10. The van der Waals surface area contributed by atoms with Crippen LogP contribution in [0.2, 0.25) is 0 Å². The van der Waals surface area contributed by atoms with Crippen LogP contribution >= 0.6 is 24.0 Å². The third kappa shape index (κ3) is 8.33. The molecule has 3 N–H and O–H groups in total. The smallest absolute Gasteiger partial charge is 0.191 e. The summed E-state index contributed by atoms with van der Waals surface area (Å²) < 4.78 is 10.9. The Labute approximate surface area is 190 Å². The van der Waals surface area contributed by atoms with Crippen LogP contribution in [0.1, 0.15) is 24.2 Å². The van der Waals surface area contributed by atoms with E-state index < -0.39 is 6.10 Å². The minimum atomic E-state index is -0.679. The second-order valence-electron chi connectivity index (χ2n) is 6.08. The lowest BCUT2D eigenvalue weighted by molar-refractivity contribution is 0.180. The Balaban J connectivity index is 0.00000420. The number of halogens is 1. The van der Waals surface area contributed by atoms with Crippen LogP contribution < -0.4 is 20.1 Å². The maximum absolute atomic E-state index is 10.5. The van der Waals surface area contributed by atoms with Crippen LogP contribution in [-0.4, -0.2) is 37.9 Å². The van der Waals surface area contributed by atoms with E-state index in [0.717, 1.165) is 23.4 Å². The molecule has 0 heterocycles. The van der Waals surface area contributed by atoms with Crippen molar-refractivity contribution in [3.63, 3.8) is 0 Å².